The van der Waals surface area contributed by atoms with Crippen molar-refractivity contribution in [3.63, 3.8) is 0 Å². The molecule has 0 bridgehead atoms. The van der Waals surface area contributed by atoms with Gasteiger partial charge in [0.15, 0.2) is 0 Å². The maximum atomic E-state index is 11.8. The number of nitrogens with zero attached hydrogens (tertiary/aromatic N) is 2. The predicted octanol–water partition coefficient (Wildman–Crippen LogP) is 3.72. The number of carboxylic acid groups (broad SMARTS) is 1. The van der Waals surface area contributed by atoms with Gasteiger partial charge in [-0.25, -0.2) is 4.98 Å². The molecule has 2 aromatic rings. The van der Waals surface area contributed by atoms with E-state index in [0.717, 1.165) is 45.2 Å². The fourth-order valence-electron chi connectivity index (χ4n) is 5.50. The molecular weight excluding hydrogens is 414 g/mol. The molecule has 2 unspecified atom stereocenters. The van der Waals surface area contributed by atoms with Crippen molar-refractivity contribution in [2.24, 2.45) is 11.3 Å². The molecule has 2 N–H and O–H groups in total. The van der Waals surface area contributed by atoms with Gasteiger partial charge in [-0.2, -0.15) is 0 Å². The molecule has 5 rings (SSSR count). The van der Waals surface area contributed by atoms with Crippen LogP contribution < -0.4 is 10.1 Å². The van der Waals surface area contributed by atoms with Gasteiger partial charge in [0, 0.05) is 36.8 Å². The zero-order valence-electron chi connectivity index (χ0n) is 19.5. The summed E-state index contributed by atoms with van der Waals surface area (Å²) in [5.74, 6) is 1.27. The standard InChI is InChI=1S/C27H35N3O3/c1-33-25-8-7-19(17-29-25)13-22-14-20(9-12-30(22)18-27(10-11-27)26(31)32)16-28-24-15-23(24)21-5-3-2-4-6-21/h2-8,17,20,22-24,28H,9-16,18H2,1H3,(H,31,32)/t20?,22?,23-,24+/m0/s1. The second-order valence-electron chi connectivity index (χ2n) is 10.3. The third-order valence-electron chi connectivity index (χ3n) is 7.92. The molecule has 176 valence electrons. The lowest BCUT2D eigenvalue weighted by molar-refractivity contribution is -0.144. The van der Waals surface area contributed by atoms with Gasteiger partial charge in [-0.05, 0) is 68.7 Å². The van der Waals surface area contributed by atoms with Crippen molar-refractivity contribution in [2.75, 3.05) is 26.7 Å². The molecule has 2 saturated carbocycles. The van der Waals surface area contributed by atoms with Crippen molar-refractivity contribution in [3.05, 3.63) is 59.8 Å². The Bertz CT molecular complexity index is 945. The van der Waals surface area contributed by atoms with E-state index in [1.165, 1.54) is 17.5 Å². The van der Waals surface area contributed by atoms with Gasteiger partial charge in [-0.3, -0.25) is 9.69 Å². The zero-order chi connectivity index (χ0) is 22.8. The second kappa shape index (κ2) is 9.43. The summed E-state index contributed by atoms with van der Waals surface area (Å²) in [4.78, 5) is 18.7. The van der Waals surface area contributed by atoms with Gasteiger partial charge in [0.2, 0.25) is 5.88 Å². The van der Waals surface area contributed by atoms with E-state index in [9.17, 15) is 9.90 Å². The number of nitrogens with one attached hydrogen (secondary N) is 1. The minimum Gasteiger partial charge on any atom is -0.481 e. The Morgan fingerprint density at radius 1 is 1.21 bits per heavy atom. The Morgan fingerprint density at radius 3 is 2.70 bits per heavy atom. The molecule has 0 radical (unpaired) electrons. The fraction of sp³-hybridized carbons (Fsp3) is 0.556. The number of likely N-dealkylation sites (tertiary alicyclic amines) is 1. The number of hydrogen-bond acceptors (Lipinski definition) is 5. The van der Waals surface area contributed by atoms with Crippen LogP contribution in [0, 0.1) is 11.3 Å². The Balaban J connectivity index is 1.20. The van der Waals surface area contributed by atoms with Crippen LogP contribution >= 0.6 is 0 Å². The van der Waals surface area contributed by atoms with Gasteiger partial charge in [-0.1, -0.05) is 36.4 Å². The van der Waals surface area contributed by atoms with Crippen molar-refractivity contribution in [2.45, 2.75) is 56.5 Å². The third kappa shape index (κ3) is 5.22. The molecule has 6 nitrogen and oxygen atoms in total. The number of rotatable bonds is 10. The Kier molecular flexibility index (Phi) is 6.39. The molecule has 4 atom stereocenters. The molecule has 1 aliphatic heterocycles. The van der Waals surface area contributed by atoms with E-state index in [4.69, 9.17) is 4.74 Å². The summed E-state index contributed by atoms with van der Waals surface area (Å²) in [6, 6.07) is 15.8. The topological polar surface area (TPSA) is 74.7 Å². The van der Waals surface area contributed by atoms with E-state index in [-0.39, 0.29) is 0 Å². The molecule has 0 amide bonds. The number of hydrogen-bond donors (Lipinski definition) is 2. The van der Waals surface area contributed by atoms with E-state index < -0.39 is 11.4 Å². The quantitative estimate of drug-likeness (QED) is 0.576. The summed E-state index contributed by atoms with van der Waals surface area (Å²) in [6.45, 7) is 2.70. The average Bonchev–Trinajstić information content (AvgIpc) is 3.76. The van der Waals surface area contributed by atoms with Crippen LogP contribution in [-0.4, -0.2) is 59.8 Å². The first-order valence-electron chi connectivity index (χ1n) is 12.3. The molecule has 1 aromatic carbocycles. The molecule has 33 heavy (non-hydrogen) atoms. The number of benzene rings is 1. The summed E-state index contributed by atoms with van der Waals surface area (Å²) < 4.78 is 5.20. The van der Waals surface area contributed by atoms with Crippen LogP contribution in [0.5, 0.6) is 5.88 Å². The van der Waals surface area contributed by atoms with Crippen LogP contribution in [0.15, 0.2) is 48.7 Å². The number of carboxylic acids is 1. The van der Waals surface area contributed by atoms with Crippen LogP contribution in [0.3, 0.4) is 0 Å². The lowest BCUT2D eigenvalue weighted by Crippen LogP contribution is -2.49. The number of carbonyl (C=O) groups is 1. The van der Waals surface area contributed by atoms with Crippen molar-refractivity contribution >= 4 is 5.97 Å². The molecule has 2 heterocycles. The van der Waals surface area contributed by atoms with Crippen LogP contribution in [0.25, 0.3) is 0 Å². The third-order valence-corrected chi connectivity index (χ3v) is 7.92. The highest BCUT2D eigenvalue weighted by atomic mass is 16.5. The van der Waals surface area contributed by atoms with Gasteiger partial charge in [0.1, 0.15) is 0 Å². The summed E-state index contributed by atoms with van der Waals surface area (Å²) in [7, 11) is 1.63. The molecular formula is C27H35N3O3. The van der Waals surface area contributed by atoms with Crippen molar-refractivity contribution in [3.8, 4) is 5.88 Å². The maximum Gasteiger partial charge on any atom is 0.310 e. The molecule has 2 aliphatic carbocycles. The first kappa shape index (κ1) is 22.4. The monoisotopic (exact) mass is 449 g/mol. The SMILES string of the molecule is COc1ccc(CC2CC(CN[C@@H]3C[C@H]3c3ccccc3)CCN2CC2(C(=O)O)CC2)cn1. The number of aliphatic carboxylic acids is 1. The first-order chi connectivity index (χ1) is 16.1. The van der Waals surface area contributed by atoms with Gasteiger partial charge in [0.05, 0.1) is 12.5 Å². The highest BCUT2D eigenvalue weighted by molar-refractivity contribution is 5.78. The normalized spacial score (nSPS) is 28.3. The Labute approximate surface area is 196 Å². The molecule has 0 spiro atoms. The number of pyridine rings is 1. The Hall–Kier alpha value is -2.44. The number of aromatic nitrogens is 1. The van der Waals surface area contributed by atoms with E-state index in [1.54, 1.807) is 7.11 Å². The summed E-state index contributed by atoms with van der Waals surface area (Å²) in [5.41, 5.74) is 2.11. The van der Waals surface area contributed by atoms with Gasteiger partial charge < -0.3 is 15.2 Å². The molecule has 1 saturated heterocycles. The Morgan fingerprint density at radius 2 is 2.03 bits per heavy atom. The van der Waals surface area contributed by atoms with Crippen molar-refractivity contribution in [1.82, 2.24) is 15.2 Å². The second-order valence-corrected chi connectivity index (χ2v) is 10.3. The zero-order valence-corrected chi connectivity index (χ0v) is 19.5. The molecule has 6 heteroatoms. The molecule has 1 aromatic heterocycles. The lowest BCUT2D eigenvalue weighted by atomic mass is 9.86. The highest BCUT2D eigenvalue weighted by Gasteiger charge is 2.52. The van der Waals surface area contributed by atoms with Crippen LogP contribution in [0.2, 0.25) is 0 Å². The number of ether oxygens (including phenoxy) is 1. The maximum absolute atomic E-state index is 11.8. The van der Waals surface area contributed by atoms with E-state index in [2.05, 4.69) is 51.6 Å². The largest absolute Gasteiger partial charge is 0.481 e. The van der Waals surface area contributed by atoms with Crippen LogP contribution in [-0.2, 0) is 11.2 Å². The van der Waals surface area contributed by atoms with E-state index >= 15 is 0 Å². The average molecular weight is 450 g/mol. The summed E-state index contributed by atoms with van der Waals surface area (Å²) >= 11 is 0. The predicted molar refractivity (Wildman–Crippen MR) is 127 cm³/mol. The fourth-order valence-corrected chi connectivity index (χ4v) is 5.50. The molecule has 3 aliphatic rings. The minimum absolute atomic E-state index is 0.349. The van der Waals surface area contributed by atoms with E-state index in [0.29, 0.717) is 36.3 Å². The van der Waals surface area contributed by atoms with Crippen molar-refractivity contribution < 1.29 is 14.6 Å². The number of piperidine rings is 1. The minimum atomic E-state index is -0.628. The van der Waals surface area contributed by atoms with Crippen molar-refractivity contribution in [1.29, 1.82) is 0 Å². The van der Waals surface area contributed by atoms with Gasteiger partial charge >= 0.3 is 5.97 Å². The smallest absolute Gasteiger partial charge is 0.310 e. The first-order valence-corrected chi connectivity index (χ1v) is 12.3. The van der Waals surface area contributed by atoms with Gasteiger partial charge in [-0.15, -0.1) is 0 Å². The van der Waals surface area contributed by atoms with E-state index in [1.807, 2.05) is 12.3 Å². The van der Waals surface area contributed by atoms with Crippen LogP contribution in [0.1, 0.15) is 49.1 Å². The molecule has 3 fully saturated rings. The summed E-state index contributed by atoms with van der Waals surface area (Å²) in [6.07, 6.45) is 7.87. The lowest BCUT2D eigenvalue weighted by Gasteiger charge is -2.41. The van der Waals surface area contributed by atoms with Gasteiger partial charge in [0.25, 0.3) is 0 Å². The highest BCUT2D eigenvalue weighted by Crippen LogP contribution is 2.47. The number of methoxy groups -OCH3 is 1. The van der Waals surface area contributed by atoms with Crippen LogP contribution in [0.4, 0.5) is 0 Å². The summed E-state index contributed by atoms with van der Waals surface area (Å²) in [5, 5.41) is 13.6.